The number of rotatable bonds is 4. The third-order valence-electron chi connectivity index (χ3n) is 5.14. The molecule has 0 amide bonds. The molecule has 3 nitrogen and oxygen atoms in total. The van der Waals surface area contributed by atoms with Crippen LogP contribution >= 0.6 is 0 Å². The van der Waals surface area contributed by atoms with Crippen LogP contribution in [0.4, 0.5) is 4.39 Å². The molecule has 4 atom stereocenters. The van der Waals surface area contributed by atoms with Crippen molar-refractivity contribution in [2.24, 2.45) is 0 Å². The first-order valence-corrected chi connectivity index (χ1v) is 8.89. The van der Waals surface area contributed by atoms with Gasteiger partial charge in [-0.05, 0) is 30.5 Å². The molecule has 0 unspecified atom stereocenters. The second-order valence-electron chi connectivity index (χ2n) is 6.85. The van der Waals surface area contributed by atoms with Gasteiger partial charge in [0.05, 0.1) is 19.3 Å². The number of benzene rings is 2. The summed E-state index contributed by atoms with van der Waals surface area (Å²) in [5.41, 5.74) is 4.16. The maximum atomic E-state index is 13.9. The summed E-state index contributed by atoms with van der Waals surface area (Å²) < 4.78 is 32.3. The number of hydrogen-bond donors (Lipinski definition) is 0. The van der Waals surface area contributed by atoms with Crippen molar-refractivity contribution >= 4 is 0 Å². The minimum Gasteiger partial charge on any atom is -0.368 e. The van der Waals surface area contributed by atoms with Gasteiger partial charge in [-0.15, -0.1) is 0 Å². The van der Waals surface area contributed by atoms with Crippen LogP contribution < -0.4 is 0 Å². The molecule has 2 heterocycles. The Morgan fingerprint density at radius 2 is 2.04 bits per heavy atom. The van der Waals surface area contributed by atoms with Crippen molar-refractivity contribution in [1.29, 1.82) is 0 Å². The van der Waals surface area contributed by atoms with Crippen LogP contribution in [-0.2, 0) is 27.4 Å². The fourth-order valence-corrected chi connectivity index (χ4v) is 3.79. The van der Waals surface area contributed by atoms with E-state index in [1.165, 1.54) is 22.8 Å². The van der Waals surface area contributed by atoms with E-state index in [1.54, 1.807) is 12.1 Å². The van der Waals surface area contributed by atoms with Gasteiger partial charge in [0.15, 0.2) is 0 Å². The zero-order chi connectivity index (χ0) is 17.4. The summed E-state index contributed by atoms with van der Waals surface area (Å²) >= 11 is 0. The third kappa shape index (κ3) is 3.10. The topological polar surface area (TPSA) is 27.7 Å². The first-order valence-electron chi connectivity index (χ1n) is 8.89. The Hall–Kier alpha value is -1.75. The molecular formula is C21H23FO3. The standard InChI is InChI=1S/C21H23FO3/c1-3-18-20(23-12-15-6-4-5-7-17(15)22)21-19(25-18)16-10-13(2)8-9-14(16)11-24-21/h4-10,18-21H,3,11-12H2,1-2H3/t18-,19-,20+,21+/m1/s1. The van der Waals surface area contributed by atoms with Gasteiger partial charge >= 0.3 is 0 Å². The predicted octanol–water partition coefficient (Wildman–Crippen LogP) is 4.47. The molecule has 25 heavy (non-hydrogen) atoms. The highest BCUT2D eigenvalue weighted by Crippen LogP contribution is 2.43. The summed E-state index contributed by atoms with van der Waals surface area (Å²) in [5, 5.41) is 0. The minimum absolute atomic E-state index is 0.0479. The van der Waals surface area contributed by atoms with Gasteiger partial charge in [0.2, 0.25) is 0 Å². The summed E-state index contributed by atoms with van der Waals surface area (Å²) in [4.78, 5) is 0. The molecule has 4 rings (SSSR count). The quantitative estimate of drug-likeness (QED) is 0.820. The van der Waals surface area contributed by atoms with E-state index in [9.17, 15) is 4.39 Å². The van der Waals surface area contributed by atoms with E-state index in [0.717, 1.165) is 6.42 Å². The normalized spacial score (nSPS) is 27.8. The van der Waals surface area contributed by atoms with Crippen LogP contribution in [0.25, 0.3) is 0 Å². The van der Waals surface area contributed by atoms with E-state index in [1.807, 2.05) is 6.07 Å². The van der Waals surface area contributed by atoms with Crippen LogP contribution in [0.1, 0.15) is 41.7 Å². The molecule has 2 aliphatic heterocycles. The minimum atomic E-state index is -0.239. The van der Waals surface area contributed by atoms with Gasteiger partial charge in [-0.3, -0.25) is 0 Å². The summed E-state index contributed by atoms with van der Waals surface area (Å²) in [6.07, 6.45) is 0.334. The molecule has 0 spiro atoms. The molecule has 2 aromatic carbocycles. The first kappa shape index (κ1) is 16.7. The zero-order valence-electron chi connectivity index (χ0n) is 14.6. The van der Waals surface area contributed by atoms with Gasteiger partial charge in [0, 0.05) is 5.56 Å². The highest BCUT2D eigenvalue weighted by molar-refractivity contribution is 5.36. The Bertz CT molecular complexity index is 761. The largest absolute Gasteiger partial charge is 0.368 e. The molecule has 0 radical (unpaired) electrons. The van der Waals surface area contributed by atoms with E-state index in [-0.39, 0.29) is 36.8 Å². The molecule has 1 saturated heterocycles. The van der Waals surface area contributed by atoms with Crippen LogP contribution in [0.15, 0.2) is 42.5 Å². The monoisotopic (exact) mass is 342 g/mol. The van der Waals surface area contributed by atoms with E-state index in [2.05, 4.69) is 32.0 Å². The van der Waals surface area contributed by atoms with Crippen molar-refractivity contribution in [3.63, 3.8) is 0 Å². The van der Waals surface area contributed by atoms with Crippen molar-refractivity contribution in [2.75, 3.05) is 0 Å². The van der Waals surface area contributed by atoms with E-state index >= 15 is 0 Å². The van der Waals surface area contributed by atoms with E-state index in [0.29, 0.717) is 12.2 Å². The fraction of sp³-hybridized carbons (Fsp3) is 0.429. The van der Waals surface area contributed by atoms with Crippen LogP contribution in [0.3, 0.4) is 0 Å². The zero-order valence-corrected chi connectivity index (χ0v) is 14.6. The molecule has 0 saturated carbocycles. The van der Waals surface area contributed by atoms with E-state index < -0.39 is 0 Å². The van der Waals surface area contributed by atoms with Gasteiger partial charge in [-0.25, -0.2) is 4.39 Å². The maximum absolute atomic E-state index is 13.9. The van der Waals surface area contributed by atoms with Gasteiger partial charge in [-0.2, -0.15) is 0 Å². The molecule has 0 aromatic heterocycles. The van der Waals surface area contributed by atoms with Gasteiger partial charge in [0.25, 0.3) is 0 Å². The molecule has 4 heteroatoms. The Morgan fingerprint density at radius 1 is 1.20 bits per heavy atom. The average molecular weight is 342 g/mol. The molecule has 2 aromatic rings. The van der Waals surface area contributed by atoms with Gasteiger partial charge < -0.3 is 14.2 Å². The van der Waals surface area contributed by atoms with E-state index in [4.69, 9.17) is 14.2 Å². The summed E-state index contributed by atoms with van der Waals surface area (Å²) in [5.74, 6) is -0.239. The lowest BCUT2D eigenvalue weighted by atomic mass is 9.93. The molecule has 0 bridgehead atoms. The fourth-order valence-electron chi connectivity index (χ4n) is 3.79. The molecule has 0 aliphatic carbocycles. The highest BCUT2D eigenvalue weighted by atomic mass is 19.1. The predicted molar refractivity (Wildman–Crippen MR) is 92.6 cm³/mol. The number of fused-ring (bicyclic) bond motifs is 3. The van der Waals surface area contributed by atoms with Gasteiger partial charge in [-0.1, -0.05) is 48.9 Å². The van der Waals surface area contributed by atoms with Crippen LogP contribution in [-0.4, -0.2) is 18.3 Å². The Morgan fingerprint density at radius 3 is 2.84 bits per heavy atom. The van der Waals surface area contributed by atoms with Crippen molar-refractivity contribution in [3.8, 4) is 0 Å². The van der Waals surface area contributed by atoms with Crippen molar-refractivity contribution < 1.29 is 18.6 Å². The van der Waals surface area contributed by atoms with Crippen LogP contribution in [0.5, 0.6) is 0 Å². The van der Waals surface area contributed by atoms with Crippen LogP contribution in [0.2, 0.25) is 0 Å². The number of ether oxygens (including phenoxy) is 3. The Labute approximate surface area is 147 Å². The van der Waals surface area contributed by atoms with Crippen LogP contribution in [0, 0.1) is 12.7 Å². The average Bonchev–Trinajstić information content (AvgIpc) is 2.99. The van der Waals surface area contributed by atoms with Crippen molar-refractivity contribution in [1.82, 2.24) is 0 Å². The molecule has 1 fully saturated rings. The van der Waals surface area contributed by atoms with Crippen molar-refractivity contribution in [3.05, 3.63) is 70.5 Å². The first-order chi connectivity index (χ1) is 12.2. The Balaban J connectivity index is 1.56. The Kier molecular flexibility index (Phi) is 4.59. The lowest BCUT2D eigenvalue weighted by Crippen LogP contribution is -2.37. The number of hydrogen-bond acceptors (Lipinski definition) is 3. The molecule has 132 valence electrons. The maximum Gasteiger partial charge on any atom is 0.128 e. The summed E-state index contributed by atoms with van der Waals surface area (Å²) in [6.45, 7) is 4.96. The molecule has 2 aliphatic rings. The van der Waals surface area contributed by atoms with Gasteiger partial charge in [0.1, 0.15) is 24.1 Å². The summed E-state index contributed by atoms with van der Waals surface area (Å²) in [6, 6.07) is 13.1. The number of halogens is 1. The molecule has 0 N–H and O–H groups in total. The molecular weight excluding hydrogens is 319 g/mol. The smallest absolute Gasteiger partial charge is 0.128 e. The summed E-state index contributed by atoms with van der Waals surface area (Å²) in [7, 11) is 0. The lowest BCUT2D eigenvalue weighted by molar-refractivity contribution is -0.0865. The third-order valence-corrected chi connectivity index (χ3v) is 5.14. The highest BCUT2D eigenvalue weighted by Gasteiger charge is 2.48. The SMILES string of the molecule is CC[C@H]1O[C@@H]2c3cc(C)ccc3CO[C@@H]2[C@H]1OCc1ccccc1F. The second-order valence-corrected chi connectivity index (χ2v) is 6.85. The number of aryl methyl sites for hydroxylation is 1. The second kappa shape index (κ2) is 6.87. The van der Waals surface area contributed by atoms with Crippen molar-refractivity contribution in [2.45, 2.75) is 57.9 Å². The lowest BCUT2D eigenvalue weighted by Gasteiger charge is -2.30.